The van der Waals surface area contributed by atoms with Crippen molar-refractivity contribution in [2.45, 2.75) is 41.5 Å². The minimum absolute atomic E-state index is 0.465. The number of sulfone groups is 2. The summed E-state index contributed by atoms with van der Waals surface area (Å²) in [6, 6.07) is 0. The second-order valence-electron chi connectivity index (χ2n) is 4.44. The van der Waals surface area contributed by atoms with Crippen molar-refractivity contribution in [2.75, 3.05) is 0 Å². The molecule has 0 amide bonds. The highest BCUT2D eigenvalue weighted by Crippen LogP contribution is 2.38. The molecule has 0 aliphatic heterocycles. The predicted molar refractivity (Wildman–Crippen MR) is 68.7 cm³/mol. The summed E-state index contributed by atoms with van der Waals surface area (Å²) in [6.07, 6.45) is -3.05. The highest BCUT2D eigenvalue weighted by molar-refractivity contribution is 8.09. The fourth-order valence-electron chi connectivity index (χ4n) is 1.43. The smallest absolute Gasteiger partial charge is 0.462 e. The standard InChI is InChI=1S/C10H12F6O6S2/c1-3-4-7(17)22-6(2)5-8(23(18,19)9(11,12)13)24(20,21)10(14,15)16/h3,6,8H,1,4-5H2,2H3. The predicted octanol–water partition coefficient (Wildman–Crippen LogP) is 2.08. The van der Waals surface area contributed by atoms with Gasteiger partial charge in [-0.15, -0.1) is 6.58 Å². The van der Waals surface area contributed by atoms with Gasteiger partial charge in [-0.05, 0) is 6.92 Å². The van der Waals surface area contributed by atoms with Crippen LogP contribution in [-0.4, -0.2) is 44.5 Å². The zero-order chi connectivity index (χ0) is 19.6. The van der Waals surface area contributed by atoms with Gasteiger partial charge in [-0.25, -0.2) is 16.8 Å². The third kappa shape index (κ3) is 5.09. The maximum Gasteiger partial charge on any atom is 0.498 e. The van der Waals surface area contributed by atoms with Crippen molar-refractivity contribution < 1.29 is 52.7 Å². The van der Waals surface area contributed by atoms with Gasteiger partial charge in [0.2, 0.25) is 0 Å². The van der Waals surface area contributed by atoms with E-state index in [0.717, 1.165) is 13.0 Å². The lowest BCUT2D eigenvalue weighted by molar-refractivity contribution is -0.147. The SMILES string of the molecule is C=CCC(=O)OC(C)CC(S(=O)(=O)C(F)(F)F)S(=O)(=O)C(F)(F)F. The van der Waals surface area contributed by atoms with Gasteiger partial charge in [0.1, 0.15) is 6.10 Å². The molecule has 0 aliphatic rings. The molecule has 14 heteroatoms. The van der Waals surface area contributed by atoms with Crippen molar-refractivity contribution in [3.05, 3.63) is 12.7 Å². The monoisotopic (exact) mass is 406 g/mol. The van der Waals surface area contributed by atoms with Crippen LogP contribution in [0.25, 0.3) is 0 Å². The van der Waals surface area contributed by atoms with Crippen LogP contribution in [0.4, 0.5) is 26.3 Å². The van der Waals surface area contributed by atoms with E-state index in [2.05, 4.69) is 11.3 Å². The van der Waals surface area contributed by atoms with Crippen LogP contribution in [-0.2, 0) is 29.2 Å². The Bertz CT molecular complexity index is 632. The topological polar surface area (TPSA) is 94.6 Å². The first-order valence-corrected chi connectivity index (χ1v) is 8.98. The third-order valence-corrected chi connectivity index (χ3v) is 7.09. The van der Waals surface area contributed by atoms with Crippen molar-refractivity contribution in [2.24, 2.45) is 0 Å². The molecule has 0 heterocycles. The molecule has 0 fully saturated rings. The van der Waals surface area contributed by atoms with Crippen molar-refractivity contribution in [3.8, 4) is 0 Å². The van der Waals surface area contributed by atoms with Gasteiger partial charge in [-0.1, -0.05) is 6.08 Å². The molecule has 0 aromatic carbocycles. The Kier molecular flexibility index (Phi) is 6.89. The Labute approximate surface area is 133 Å². The molecule has 0 saturated carbocycles. The normalized spacial score (nSPS) is 15.2. The average molecular weight is 406 g/mol. The van der Waals surface area contributed by atoms with E-state index in [0.29, 0.717) is 0 Å². The van der Waals surface area contributed by atoms with Crippen molar-refractivity contribution in [1.82, 2.24) is 0 Å². The van der Waals surface area contributed by atoms with E-state index < -0.39 is 60.2 Å². The lowest BCUT2D eigenvalue weighted by atomic mass is 10.3. The number of ether oxygens (including phenoxy) is 1. The molecule has 0 aromatic rings. The van der Waals surface area contributed by atoms with Gasteiger partial charge in [0, 0.05) is 6.42 Å². The molecule has 142 valence electrons. The molecular weight excluding hydrogens is 394 g/mol. The van der Waals surface area contributed by atoms with Gasteiger partial charge < -0.3 is 4.74 Å². The number of esters is 1. The number of hydrogen-bond donors (Lipinski definition) is 0. The fraction of sp³-hybridized carbons (Fsp3) is 0.700. The van der Waals surface area contributed by atoms with Gasteiger partial charge in [0.25, 0.3) is 19.7 Å². The van der Waals surface area contributed by atoms with Crippen LogP contribution in [0, 0.1) is 0 Å². The van der Waals surface area contributed by atoms with Crippen LogP contribution in [0.1, 0.15) is 19.8 Å². The zero-order valence-electron chi connectivity index (χ0n) is 11.9. The largest absolute Gasteiger partial charge is 0.498 e. The number of rotatable bonds is 7. The molecular formula is C10H12F6O6S2. The molecule has 0 aromatic heterocycles. The summed E-state index contributed by atoms with van der Waals surface area (Å²) in [5.74, 6) is -1.13. The van der Waals surface area contributed by atoms with Gasteiger partial charge in [0.15, 0.2) is 4.58 Å². The van der Waals surface area contributed by atoms with E-state index in [-0.39, 0.29) is 0 Å². The Hall–Kier alpha value is -1.31. The first-order chi connectivity index (χ1) is 10.5. The second-order valence-corrected chi connectivity index (χ2v) is 8.98. The van der Waals surface area contributed by atoms with Gasteiger partial charge >= 0.3 is 17.0 Å². The minimum Gasteiger partial charge on any atom is -0.462 e. The molecule has 6 nitrogen and oxygen atoms in total. The Morgan fingerprint density at radius 3 is 1.71 bits per heavy atom. The van der Waals surface area contributed by atoms with E-state index in [1.54, 1.807) is 0 Å². The fourth-order valence-corrected chi connectivity index (χ4v) is 5.06. The summed E-state index contributed by atoms with van der Waals surface area (Å²) in [4.78, 5) is 11.1. The lowest BCUT2D eigenvalue weighted by Crippen LogP contribution is -2.46. The summed E-state index contributed by atoms with van der Waals surface area (Å²) in [5.41, 5.74) is -12.5. The molecule has 1 unspecified atom stereocenters. The summed E-state index contributed by atoms with van der Waals surface area (Å²) < 4.78 is 120. The van der Waals surface area contributed by atoms with Crippen molar-refractivity contribution in [1.29, 1.82) is 0 Å². The maximum absolute atomic E-state index is 12.5. The number of alkyl halides is 6. The number of hydrogen-bond acceptors (Lipinski definition) is 6. The molecule has 0 radical (unpaired) electrons. The Balaban J connectivity index is 5.87. The van der Waals surface area contributed by atoms with Crippen molar-refractivity contribution in [3.63, 3.8) is 0 Å². The summed E-state index contributed by atoms with van der Waals surface area (Å²) in [7, 11) is -13.5. The van der Waals surface area contributed by atoms with Crippen LogP contribution in [0.5, 0.6) is 0 Å². The van der Waals surface area contributed by atoms with Gasteiger partial charge in [-0.2, -0.15) is 26.3 Å². The van der Waals surface area contributed by atoms with E-state index in [9.17, 15) is 48.0 Å². The molecule has 0 aliphatic carbocycles. The van der Waals surface area contributed by atoms with Crippen LogP contribution in [0.2, 0.25) is 0 Å². The van der Waals surface area contributed by atoms with E-state index in [1.807, 2.05) is 0 Å². The highest BCUT2D eigenvalue weighted by atomic mass is 32.3. The molecule has 1 atom stereocenters. The Morgan fingerprint density at radius 2 is 1.42 bits per heavy atom. The lowest BCUT2D eigenvalue weighted by Gasteiger charge is -2.23. The highest BCUT2D eigenvalue weighted by Gasteiger charge is 2.63. The second kappa shape index (κ2) is 7.29. The van der Waals surface area contributed by atoms with Crippen LogP contribution in [0.3, 0.4) is 0 Å². The van der Waals surface area contributed by atoms with E-state index in [4.69, 9.17) is 0 Å². The summed E-state index contributed by atoms with van der Waals surface area (Å²) in [6.45, 7) is 3.88. The van der Waals surface area contributed by atoms with Crippen molar-refractivity contribution >= 4 is 25.6 Å². The number of carbonyl (C=O) groups is 1. The van der Waals surface area contributed by atoms with E-state index in [1.165, 1.54) is 0 Å². The first-order valence-electron chi connectivity index (χ1n) is 5.89. The average Bonchev–Trinajstić information content (AvgIpc) is 2.32. The summed E-state index contributed by atoms with van der Waals surface area (Å²) in [5, 5.41) is 0. The minimum atomic E-state index is -6.74. The van der Waals surface area contributed by atoms with E-state index >= 15 is 0 Å². The van der Waals surface area contributed by atoms with Crippen LogP contribution >= 0.6 is 0 Å². The van der Waals surface area contributed by atoms with Gasteiger partial charge in [0.05, 0.1) is 6.42 Å². The molecule has 0 saturated heterocycles. The van der Waals surface area contributed by atoms with Crippen LogP contribution in [0.15, 0.2) is 12.7 Å². The quantitative estimate of drug-likeness (QED) is 0.365. The maximum atomic E-state index is 12.5. The number of carbonyl (C=O) groups excluding carboxylic acids is 1. The first kappa shape index (κ1) is 22.7. The molecule has 0 spiro atoms. The molecule has 24 heavy (non-hydrogen) atoms. The summed E-state index contributed by atoms with van der Waals surface area (Å²) >= 11 is 0. The molecule has 0 bridgehead atoms. The Morgan fingerprint density at radius 1 is 1.04 bits per heavy atom. The van der Waals surface area contributed by atoms with Crippen LogP contribution < -0.4 is 0 Å². The van der Waals surface area contributed by atoms with Gasteiger partial charge in [-0.3, -0.25) is 4.79 Å². The molecule has 0 rings (SSSR count). The number of halogens is 6. The molecule has 0 N–H and O–H groups in total. The zero-order valence-corrected chi connectivity index (χ0v) is 13.5. The third-order valence-electron chi connectivity index (χ3n) is 2.51.